The lowest BCUT2D eigenvalue weighted by Crippen LogP contribution is -2.32. The second-order valence-electron chi connectivity index (χ2n) is 8.86. The van der Waals surface area contributed by atoms with E-state index < -0.39 is 0 Å². The minimum Gasteiger partial charge on any atom is -0.489 e. The van der Waals surface area contributed by atoms with Crippen LogP contribution in [0.25, 0.3) is 0 Å². The molecule has 0 bridgehead atoms. The Kier molecular flexibility index (Phi) is 7.56. The van der Waals surface area contributed by atoms with Gasteiger partial charge in [-0.25, -0.2) is 0 Å². The SMILES string of the molecule is CC1CCN(c2ccc(C(C)NC(=O)c3cccc(OCc4ccccc4Cl)c3)cc2)CC1. The molecule has 1 N–H and O–H groups in total. The third-order valence-corrected chi connectivity index (χ3v) is 6.71. The van der Waals surface area contributed by atoms with Crippen LogP contribution in [0.15, 0.2) is 72.8 Å². The number of piperidine rings is 1. The van der Waals surface area contributed by atoms with E-state index >= 15 is 0 Å². The molecule has 1 saturated heterocycles. The first kappa shape index (κ1) is 23.2. The summed E-state index contributed by atoms with van der Waals surface area (Å²) in [5.41, 5.74) is 3.82. The maximum absolute atomic E-state index is 12.9. The molecule has 3 aromatic carbocycles. The largest absolute Gasteiger partial charge is 0.489 e. The normalized spacial score (nSPS) is 15.2. The van der Waals surface area contributed by atoms with E-state index in [1.54, 1.807) is 12.1 Å². The fraction of sp³-hybridized carbons (Fsp3) is 0.321. The van der Waals surface area contributed by atoms with Gasteiger partial charge in [-0.05, 0) is 67.6 Å². The molecule has 4 rings (SSSR count). The van der Waals surface area contributed by atoms with Crippen molar-refractivity contribution >= 4 is 23.2 Å². The van der Waals surface area contributed by atoms with Crippen molar-refractivity contribution in [3.63, 3.8) is 0 Å². The van der Waals surface area contributed by atoms with Crippen molar-refractivity contribution in [1.82, 2.24) is 5.32 Å². The average molecular weight is 463 g/mol. The van der Waals surface area contributed by atoms with Gasteiger partial charge in [-0.2, -0.15) is 0 Å². The minimum atomic E-state index is -0.125. The number of nitrogens with zero attached hydrogens (tertiary/aromatic N) is 1. The summed E-state index contributed by atoms with van der Waals surface area (Å²) in [4.78, 5) is 15.3. The molecule has 1 fully saturated rings. The molecule has 1 unspecified atom stereocenters. The number of anilines is 1. The molecule has 0 aliphatic carbocycles. The predicted molar refractivity (Wildman–Crippen MR) is 135 cm³/mol. The molecule has 1 atom stereocenters. The topological polar surface area (TPSA) is 41.6 Å². The Morgan fingerprint density at radius 1 is 1.06 bits per heavy atom. The lowest BCUT2D eigenvalue weighted by molar-refractivity contribution is 0.0939. The average Bonchev–Trinajstić information content (AvgIpc) is 2.84. The highest BCUT2D eigenvalue weighted by atomic mass is 35.5. The van der Waals surface area contributed by atoms with Gasteiger partial charge in [0.05, 0.1) is 6.04 Å². The summed E-state index contributed by atoms with van der Waals surface area (Å²) in [6.07, 6.45) is 2.49. The number of amides is 1. The Morgan fingerprint density at radius 3 is 2.52 bits per heavy atom. The molecule has 1 heterocycles. The monoisotopic (exact) mass is 462 g/mol. The van der Waals surface area contributed by atoms with Crippen molar-refractivity contribution in [3.05, 3.63) is 94.5 Å². The Bertz CT molecular complexity index is 1080. The number of carbonyl (C=O) groups excluding carboxylic acids is 1. The zero-order chi connectivity index (χ0) is 23.2. The lowest BCUT2D eigenvalue weighted by Gasteiger charge is -2.32. The van der Waals surface area contributed by atoms with Gasteiger partial charge in [0.1, 0.15) is 12.4 Å². The van der Waals surface area contributed by atoms with Crippen LogP contribution in [0.3, 0.4) is 0 Å². The number of benzene rings is 3. The van der Waals surface area contributed by atoms with Gasteiger partial charge in [0, 0.05) is 34.9 Å². The molecule has 0 saturated carbocycles. The molecular weight excluding hydrogens is 432 g/mol. The summed E-state index contributed by atoms with van der Waals surface area (Å²) in [5, 5.41) is 3.77. The summed E-state index contributed by atoms with van der Waals surface area (Å²) in [6, 6.07) is 23.3. The maximum Gasteiger partial charge on any atom is 0.251 e. The fourth-order valence-corrected chi connectivity index (χ4v) is 4.30. The van der Waals surface area contributed by atoms with Gasteiger partial charge in [-0.15, -0.1) is 0 Å². The van der Waals surface area contributed by atoms with Crippen LogP contribution < -0.4 is 15.0 Å². The first-order valence-electron chi connectivity index (χ1n) is 11.6. The predicted octanol–water partition coefficient (Wildman–Crippen LogP) is 6.65. The second kappa shape index (κ2) is 10.8. The Labute approximate surface area is 201 Å². The van der Waals surface area contributed by atoms with Crippen LogP contribution in [-0.2, 0) is 6.61 Å². The molecule has 4 nitrogen and oxygen atoms in total. The Balaban J connectivity index is 1.35. The smallest absolute Gasteiger partial charge is 0.251 e. The highest BCUT2D eigenvalue weighted by molar-refractivity contribution is 6.31. The third kappa shape index (κ3) is 6.08. The molecule has 5 heteroatoms. The number of halogens is 1. The molecule has 0 aromatic heterocycles. The molecule has 0 spiro atoms. The van der Waals surface area contributed by atoms with Gasteiger partial charge < -0.3 is 15.0 Å². The molecular formula is C28H31ClN2O2. The summed E-state index contributed by atoms with van der Waals surface area (Å²) in [6.45, 7) is 6.91. The van der Waals surface area contributed by atoms with Crippen molar-refractivity contribution in [2.45, 2.75) is 39.3 Å². The molecule has 0 radical (unpaired) electrons. The molecule has 172 valence electrons. The highest BCUT2D eigenvalue weighted by Gasteiger charge is 2.17. The van der Waals surface area contributed by atoms with Crippen LogP contribution >= 0.6 is 11.6 Å². The molecule has 1 aliphatic rings. The Hall–Kier alpha value is -2.98. The zero-order valence-corrected chi connectivity index (χ0v) is 20.0. The number of rotatable bonds is 7. The molecule has 1 amide bonds. The van der Waals surface area contributed by atoms with Gasteiger partial charge >= 0.3 is 0 Å². The number of hydrogen-bond donors (Lipinski definition) is 1. The van der Waals surface area contributed by atoms with Crippen LogP contribution in [0.4, 0.5) is 5.69 Å². The highest BCUT2D eigenvalue weighted by Crippen LogP contribution is 2.25. The number of carbonyl (C=O) groups is 1. The van der Waals surface area contributed by atoms with Gasteiger partial charge in [-0.1, -0.05) is 54.9 Å². The first-order valence-corrected chi connectivity index (χ1v) is 12.0. The van der Waals surface area contributed by atoms with E-state index in [1.165, 1.54) is 18.5 Å². The quantitative estimate of drug-likeness (QED) is 0.427. The van der Waals surface area contributed by atoms with Crippen molar-refractivity contribution in [3.8, 4) is 5.75 Å². The minimum absolute atomic E-state index is 0.0966. The first-order chi connectivity index (χ1) is 16.0. The zero-order valence-electron chi connectivity index (χ0n) is 19.3. The second-order valence-corrected chi connectivity index (χ2v) is 9.27. The number of nitrogens with one attached hydrogen (secondary N) is 1. The van der Waals surface area contributed by atoms with Crippen LogP contribution in [0.2, 0.25) is 5.02 Å². The van der Waals surface area contributed by atoms with Crippen LogP contribution in [0.5, 0.6) is 5.75 Å². The van der Waals surface area contributed by atoms with Crippen molar-refractivity contribution in [2.75, 3.05) is 18.0 Å². The van der Waals surface area contributed by atoms with E-state index in [-0.39, 0.29) is 11.9 Å². The number of ether oxygens (including phenoxy) is 1. The van der Waals surface area contributed by atoms with Gasteiger partial charge in [-0.3, -0.25) is 4.79 Å². The molecule has 3 aromatic rings. The summed E-state index contributed by atoms with van der Waals surface area (Å²) in [5.74, 6) is 1.33. The van der Waals surface area contributed by atoms with E-state index in [2.05, 4.69) is 41.4 Å². The standard InChI is InChI=1S/C28H31ClN2O2/c1-20-14-16-31(17-15-20)25-12-10-22(11-13-25)21(2)30-28(32)23-7-5-8-26(18-23)33-19-24-6-3-4-9-27(24)29/h3-13,18,20-21H,14-17,19H2,1-2H3,(H,30,32). The number of hydrogen-bond acceptors (Lipinski definition) is 3. The molecule has 33 heavy (non-hydrogen) atoms. The van der Waals surface area contributed by atoms with E-state index in [9.17, 15) is 4.79 Å². The van der Waals surface area contributed by atoms with Crippen molar-refractivity contribution in [1.29, 1.82) is 0 Å². The fourth-order valence-electron chi connectivity index (χ4n) is 4.11. The third-order valence-electron chi connectivity index (χ3n) is 6.34. The van der Waals surface area contributed by atoms with Crippen molar-refractivity contribution in [2.24, 2.45) is 5.92 Å². The summed E-state index contributed by atoms with van der Waals surface area (Å²) in [7, 11) is 0. The van der Waals surface area contributed by atoms with E-state index in [0.717, 1.165) is 30.1 Å². The van der Waals surface area contributed by atoms with Crippen LogP contribution in [-0.4, -0.2) is 19.0 Å². The van der Waals surface area contributed by atoms with Gasteiger partial charge in [0.2, 0.25) is 0 Å². The van der Waals surface area contributed by atoms with Crippen LogP contribution in [0.1, 0.15) is 54.2 Å². The summed E-state index contributed by atoms with van der Waals surface area (Å²) >= 11 is 6.20. The lowest BCUT2D eigenvalue weighted by atomic mass is 9.98. The van der Waals surface area contributed by atoms with Crippen LogP contribution in [0, 0.1) is 5.92 Å². The van der Waals surface area contributed by atoms with E-state index in [0.29, 0.717) is 22.9 Å². The van der Waals surface area contributed by atoms with Gasteiger partial charge in [0.15, 0.2) is 0 Å². The van der Waals surface area contributed by atoms with Gasteiger partial charge in [0.25, 0.3) is 5.91 Å². The van der Waals surface area contributed by atoms with Crippen molar-refractivity contribution < 1.29 is 9.53 Å². The summed E-state index contributed by atoms with van der Waals surface area (Å²) < 4.78 is 5.86. The molecule has 1 aliphatic heterocycles. The van der Waals surface area contributed by atoms with E-state index in [4.69, 9.17) is 16.3 Å². The maximum atomic E-state index is 12.9. The van der Waals surface area contributed by atoms with E-state index in [1.807, 2.05) is 43.3 Å². The Morgan fingerprint density at radius 2 is 1.79 bits per heavy atom.